The van der Waals surface area contributed by atoms with Crippen molar-refractivity contribution in [3.8, 4) is 0 Å². The average molecular weight is 323 g/mol. The molecule has 0 saturated carbocycles. The largest absolute Gasteiger partial charge is 0.279 e. The molecular formula is C20H26BNO2. The standard InChI is InChI=1S/C20H26BNO2/c1-14-12-16(21)10-11-18(14)20(24)22-17(8-5-9-19(22)23)13-15-6-3-2-4-7-15/h2-4,6-7,10,14,17-18H,5,8-9,11-13,21H2,1H3/t14-,17+,18-/m1/s1. The molecule has 0 radical (unpaired) electrons. The zero-order chi connectivity index (χ0) is 17.1. The van der Waals surface area contributed by atoms with Crippen molar-refractivity contribution >= 4 is 19.7 Å². The lowest BCUT2D eigenvalue weighted by Gasteiger charge is -2.38. The first kappa shape index (κ1) is 17.0. The van der Waals surface area contributed by atoms with Crippen molar-refractivity contribution in [1.82, 2.24) is 4.90 Å². The van der Waals surface area contributed by atoms with Crippen molar-refractivity contribution in [2.24, 2.45) is 11.8 Å². The summed E-state index contributed by atoms with van der Waals surface area (Å²) in [5, 5.41) is 0. The fourth-order valence-electron chi connectivity index (χ4n) is 4.14. The van der Waals surface area contributed by atoms with Gasteiger partial charge >= 0.3 is 0 Å². The molecule has 1 fully saturated rings. The molecule has 0 bridgehead atoms. The quantitative estimate of drug-likeness (QED) is 0.633. The third-order valence-corrected chi connectivity index (χ3v) is 5.48. The number of amides is 2. The average Bonchev–Trinajstić information content (AvgIpc) is 2.55. The highest BCUT2D eigenvalue weighted by molar-refractivity contribution is 6.21. The van der Waals surface area contributed by atoms with Gasteiger partial charge in [-0.3, -0.25) is 14.5 Å². The molecule has 1 aliphatic heterocycles. The molecular weight excluding hydrogens is 297 g/mol. The van der Waals surface area contributed by atoms with E-state index in [0.717, 1.165) is 32.1 Å². The maximum Gasteiger partial charge on any atom is 0.233 e. The second-order valence-corrected chi connectivity index (χ2v) is 7.41. The Hall–Kier alpha value is -1.84. The van der Waals surface area contributed by atoms with Gasteiger partial charge in [0, 0.05) is 18.4 Å². The molecule has 1 saturated heterocycles. The molecule has 3 atom stereocenters. The number of carbonyl (C=O) groups excluding carboxylic acids is 2. The van der Waals surface area contributed by atoms with Crippen LogP contribution in [0.1, 0.15) is 44.6 Å². The SMILES string of the molecule is BC1=CC[C@@H](C(=O)N2C(=O)CCC[C@H]2Cc2ccccc2)[C@H](C)C1. The maximum absolute atomic E-state index is 13.2. The number of hydrogen-bond donors (Lipinski definition) is 0. The summed E-state index contributed by atoms with van der Waals surface area (Å²) in [7, 11) is 2.13. The van der Waals surface area contributed by atoms with E-state index in [1.165, 1.54) is 11.0 Å². The molecule has 24 heavy (non-hydrogen) atoms. The van der Waals surface area contributed by atoms with Crippen LogP contribution in [0.25, 0.3) is 0 Å². The van der Waals surface area contributed by atoms with Gasteiger partial charge < -0.3 is 0 Å². The van der Waals surface area contributed by atoms with Gasteiger partial charge in [0.25, 0.3) is 0 Å². The van der Waals surface area contributed by atoms with Crippen LogP contribution in [0.15, 0.2) is 41.9 Å². The van der Waals surface area contributed by atoms with E-state index in [-0.39, 0.29) is 23.8 Å². The van der Waals surface area contributed by atoms with E-state index in [0.29, 0.717) is 12.3 Å². The van der Waals surface area contributed by atoms with Gasteiger partial charge in [0.05, 0.1) is 0 Å². The fourth-order valence-corrected chi connectivity index (χ4v) is 4.14. The van der Waals surface area contributed by atoms with Gasteiger partial charge in [0.2, 0.25) is 11.8 Å². The fraction of sp³-hybridized carbons (Fsp3) is 0.500. The van der Waals surface area contributed by atoms with E-state index in [2.05, 4.69) is 33.0 Å². The van der Waals surface area contributed by atoms with Gasteiger partial charge in [-0.2, -0.15) is 0 Å². The van der Waals surface area contributed by atoms with Crippen LogP contribution in [0.4, 0.5) is 0 Å². The number of likely N-dealkylation sites (tertiary alicyclic amines) is 1. The minimum atomic E-state index is -0.0472. The Labute approximate surface area is 145 Å². The molecule has 0 spiro atoms. The molecule has 1 aromatic rings. The van der Waals surface area contributed by atoms with Crippen LogP contribution in [0.3, 0.4) is 0 Å². The summed E-state index contributed by atoms with van der Waals surface area (Å²) in [6.07, 6.45) is 6.99. The lowest BCUT2D eigenvalue weighted by atomic mass is 9.74. The van der Waals surface area contributed by atoms with Crippen LogP contribution >= 0.6 is 0 Å². The normalized spacial score (nSPS) is 27.7. The minimum Gasteiger partial charge on any atom is -0.279 e. The number of hydrogen-bond acceptors (Lipinski definition) is 2. The Morgan fingerprint density at radius 1 is 1.29 bits per heavy atom. The van der Waals surface area contributed by atoms with Crippen molar-refractivity contribution in [3.63, 3.8) is 0 Å². The topological polar surface area (TPSA) is 37.4 Å². The molecule has 2 aliphatic rings. The van der Waals surface area contributed by atoms with Crippen LogP contribution in [0.5, 0.6) is 0 Å². The monoisotopic (exact) mass is 323 g/mol. The number of allylic oxidation sites excluding steroid dienone is 2. The lowest BCUT2D eigenvalue weighted by Crippen LogP contribution is -2.51. The Morgan fingerprint density at radius 3 is 2.75 bits per heavy atom. The molecule has 3 nitrogen and oxygen atoms in total. The predicted octanol–water partition coefficient (Wildman–Crippen LogP) is 2.70. The molecule has 0 aromatic heterocycles. The zero-order valence-electron chi connectivity index (χ0n) is 14.7. The Balaban J connectivity index is 1.79. The van der Waals surface area contributed by atoms with E-state index in [1.54, 1.807) is 4.90 Å². The third-order valence-electron chi connectivity index (χ3n) is 5.48. The van der Waals surface area contributed by atoms with Crippen LogP contribution in [-0.2, 0) is 16.0 Å². The predicted molar refractivity (Wildman–Crippen MR) is 98.2 cm³/mol. The van der Waals surface area contributed by atoms with Crippen LogP contribution in [0, 0.1) is 11.8 Å². The summed E-state index contributed by atoms with van der Waals surface area (Å²) >= 11 is 0. The van der Waals surface area contributed by atoms with Gasteiger partial charge in [-0.25, -0.2) is 0 Å². The van der Waals surface area contributed by atoms with Gasteiger partial charge in [0.1, 0.15) is 7.85 Å². The van der Waals surface area contributed by atoms with E-state index in [4.69, 9.17) is 0 Å². The summed E-state index contributed by atoms with van der Waals surface area (Å²) in [5.41, 5.74) is 2.56. The van der Waals surface area contributed by atoms with Gasteiger partial charge in [-0.1, -0.05) is 43.3 Å². The minimum absolute atomic E-state index is 0.0142. The van der Waals surface area contributed by atoms with E-state index in [1.807, 2.05) is 18.2 Å². The Kier molecular flexibility index (Phi) is 5.22. The van der Waals surface area contributed by atoms with Gasteiger partial charge in [-0.05, 0) is 43.6 Å². The number of carbonyl (C=O) groups is 2. The molecule has 1 aliphatic carbocycles. The Morgan fingerprint density at radius 2 is 2.04 bits per heavy atom. The van der Waals surface area contributed by atoms with E-state index >= 15 is 0 Å². The van der Waals surface area contributed by atoms with Crippen LogP contribution in [-0.4, -0.2) is 30.6 Å². The molecule has 3 rings (SSSR count). The number of benzene rings is 1. The van der Waals surface area contributed by atoms with Crippen molar-refractivity contribution in [2.75, 3.05) is 0 Å². The van der Waals surface area contributed by atoms with Crippen molar-refractivity contribution in [2.45, 2.75) is 51.5 Å². The molecule has 1 heterocycles. The summed E-state index contributed by atoms with van der Waals surface area (Å²) < 4.78 is 0. The van der Waals surface area contributed by atoms with E-state index < -0.39 is 0 Å². The van der Waals surface area contributed by atoms with Crippen LogP contribution < -0.4 is 0 Å². The number of rotatable bonds is 3. The van der Waals surface area contributed by atoms with Crippen molar-refractivity contribution < 1.29 is 9.59 Å². The molecule has 2 amide bonds. The van der Waals surface area contributed by atoms with Gasteiger partial charge in [-0.15, -0.1) is 5.47 Å². The second-order valence-electron chi connectivity index (χ2n) is 7.41. The lowest BCUT2D eigenvalue weighted by molar-refractivity contribution is -0.153. The smallest absolute Gasteiger partial charge is 0.233 e. The number of nitrogens with zero attached hydrogens (tertiary/aromatic N) is 1. The highest BCUT2D eigenvalue weighted by atomic mass is 16.2. The first-order valence-electron chi connectivity index (χ1n) is 9.11. The number of imide groups is 1. The highest BCUT2D eigenvalue weighted by Gasteiger charge is 2.38. The van der Waals surface area contributed by atoms with Crippen LogP contribution in [0.2, 0.25) is 0 Å². The molecule has 4 heteroatoms. The third kappa shape index (κ3) is 3.63. The first-order chi connectivity index (χ1) is 11.6. The molecule has 0 unspecified atom stereocenters. The summed E-state index contributed by atoms with van der Waals surface area (Å²) in [6, 6.07) is 10.2. The highest BCUT2D eigenvalue weighted by Crippen LogP contribution is 2.32. The summed E-state index contributed by atoms with van der Waals surface area (Å²) in [4.78, 5) is 27.3. The van der Waals surface area contributed by atoms with E-state index in [9.17, 15) is 9.59 Å². The van der Waals surface area contributed by atoms with Crippen molar-refractivity contribution in [3.05, 3.63) is 47.4 Å². The molecule has 1 aromatic carbocycles. The molecule has 126 valence electrons. The summed E-state index contributed by atoms with van der Waals surface area (Å²) in [6.45, 7) is 2.14. The first-order valence-corrected chi connectivity index (χ1v) is 9.11. The second kappa shape index (κ2) is 7.37. The maximum atomic E-state index is 13.2. The summed E-state index contributed by atoms with van der Waals surface area (Å²) in [5.74, 6) is 0.339. The Bertz CT molecular complexity index is 640. The van der Waals surface area contributed by atoms with Gasteiger partial charge in [0.15, 0.2) is 0 Å². The number of piperidine rings is 1. The molecule has 0 N–H and O–H groups in total. The zero-order valence-corrected chi connectivity index (χ0v) is 14.7. The van der Waals surface area contributed by atoms with Crippen molar-refractivity contribution in [1.29, 1.82) is 0 Å².